The molecule has 3 aromatic rings. The Hall–Kier alpha value is -2.12. The zero-order valence-electron chi connectivity index (χ0n) is 11.9. The maximum absolute atomic E-state index is 9.55. The topological polar surface area (TPSA) is 76.7 Å². The van der Waals surface area contributed by atoms with Crippen LogP contribution in [0, 0.1) is 0 Å². The zero-order valence-corrected chi connectivity index (χ0v) is 12.8. The smallest absolute Gasteiger partial charge is 0.212 e. The summed E-state index contributed by atoms with van der Waals surface area (Å²) in [5.41, 5.74) is 3.46. The predicted molar refractivity (Wildman–Crippen MR) is 82.8 cm³/mol. The lowest BCUT2D eigenvalue weighted by Gasteiger charge is -2.06. The molecule has 1 aliphatic rings. The first-order valence-corrected chi connectivity index (χ1v) is 8.13. The van der Waals surface area contributed by atoms with Gasteiger partial charge in [0.25, 0.3) is 0 Å². The Balaban J connectivity index is 1.85. The van der Waals surface area contributed by atoms with Gasteiger partial charge in [0.05, 0.1) is 12.3 Å². The first-order chi connectivity index (χ1) is 10.9. The maximum atomic E-state index is 9.55. The molecule has 0 amide bonds. The summed E-state index contributed by atoms with van der Waals surface area (Å²) >= 11 is 1.67. The van der Waals surface area contributed by atoms with Crippen LogP contribution in [0.1, 0.15) is 29.1 Å². The van der Waals surface area contributed by atoms with E-state index in [2.05, 4.69) is 15.3 Å². The van der Waals surface area contributed by atoms with Gasteiger partial charge >= 0.3 is 0 Å². The fourth-order valence-corrected chi connectivity index (χ4v) is 3.88. The number of fused-ring (bicyclic) bond motifs is 1. The van der Waals surface area contributed by atoms with Gasteiger partial charge in [0.1, 0.15) is 11.4 Å². The third-order valence-electron chi connectivity index (χ3n) is 3.86. The molecule has 0 spiro atoms. The van der Waals surface area contributed by atoms with Crippen molar-refractivity contribution in [3.63, 3.8) is 0 Å². The molecule has 7 heteroatoms. The summed E-state index contributed by atoms with van der Waals surface area (Å²) < 4.78 is 1.74. The van der Waals surface area contributed by atoms with Crippen LogP contribution in [-0.2, 0) is 19.4 Å². The van der Waals surface area contributed by atoms with Crippen molar-refractivity contribution in [2.75, 3.05) is 0 Å². The Morgan fingerprint density at radius 2 is 2.00 bits per heavy atom. The molecule has 0 saturated heterocycles. The number of hydrogen-bond donors (Lipinski definition) is 1. The van der Waals surface area contributed by atoms with Crippen molar-refractivity contribution < 1.29 is 5.11 Å². The number of hydrogen-bond acceptors (Lipinski definition) is 6. The second kappa shape index (κ2) is 5.58. The Morgan fingerprint density at radius 3 is 2.77 bits per heavy atom. The first-order valence-electron chi connectivity index (χ1n) is 7.31. The third kappa shape index (κ3) is 2.22. The molecule has 0 bridgehead atoms. The fraction of sp³-hybridized carbons (Fsp3) is 0.333. The van der Waals surface area contributed by atoms with E-state index in [-0.39, 0.29) is 6.61 Å². The summed E-state index contributed by atoms with van der Waals surface area (Å²) in [7, 11) is 0. The Morgan fingerprint density at radius 1 is 1.18 bits per heavy atom. The number of pyridine rings is 1. The van der Waals surface area contributed by atoms with Crippen LogP contribution in [0.15, 0.2) is 24.5 Å². The molecule has 0 saturated carbocycles. The summed E-state index contributed by atoms with van der Waals surface area (Å²) in [5.74, 6) is 0. The van der Waals surface area contributed by atoms with Crippen LogP contribution in [0.5, 0.6) is 0 Å². The molecule has 0 atom stereocenters. The molecule has 0 aromatic carbocycles. The molecule has 1 N–H and O–H groups in total. The minimum atomic E-state index is -0.150. The highest BCUT2D eigenvalue weighted by atomic mass is 32.1. The molecule has 112 valence electrons. The second-order valence-corrected chi connectivity index (χ2v) is 6.33. The van der Waals surface area contributed by atoms with Gasteiger partial charge in [0, 0.05) is 22.8 Å². The highest BCUT2D eigenvalue weighted by Gasteiger charge is 2.21. The van der Waals surface area contributed by atoms with Crippen LogP contribution < -0.4 is 0 Å². The Labute approximate surface area is 131 Å². The third-order valence-corrected chi connectivity index (χ3v) is 4.99. The van der Waals surface area contributed by atoms with Crippen LogP contribution in [0.2, 0.25) is 0 Å². The molecule has 0 radical (unpaired) electrons. The van der Waals surface area contributed by atoms with Crippen molar-refractivity contribution in [1.29, 1.82) is 0 Å². The van der Waals surface area contributed by atoms with Crippen molar-refractivity contribution in [2.45, 2.75) is 32.3 Å². The number of aromatic nitrogens is 5. The maximum Gasteiger partial charge on any atom is 0.212 e. The van der Waals surface area contributed by atoms with Crippen LogP contribution in [0.25, 0.3) is 16.4 Å². The standard InChI is InChI=1S/C15H15N5OS/c21-9-12-14(10-5-7-16-8-6-10)20(19-18-12)15-17-11-3-1-2-4-13(11)22-15/h5-8,21H,1-4,9H2. The highest BCUT2D eigenvalue weighted by molar-refractivity contribution is 7.14. The number of nitrogens with zero attached hydrogens (tertiary/aromatic N) is 5. The summed E-state index contributed by atoms with van der Waals surface area (Å²) in [6.45, 7) is -0.150. The van der Waals surface area contributed by atoms with E-state index in [1.807, 2.05) is 12.1 Å². The molecule has 0 aliphatic heterocycles. The van der Waals surface area contributed by atoms with E-state index in [9.17, 15) is 5.11 Å². The minimum Gasteiger partial charge on any atom is -0.390 e. The molecular weight excluding hydrogens is 298 g/mol. The van der Waals surface area contributed by atoms with Gasteiger partial charge in [-0.05, 0) is 37.8 Å². The van der Waals surface area contributed by atoms with Gasteiger partial charge in [-0.25, -0.2) is 4.98 Å². The van der Waals surface area contributed by atoms with Gasteiger partial charge in [0.15, 0.2) is 0 Å². The van der Waals surface area contributed by atoms with E-state index in [1.165, 1.54) is 23.4 Å². The number of rotatable bonds is 3. The molecule has 0 fully saturated rings. The van der Waals surface area contributed by atoms with E-state index in [1.54, 1.807) is 28.4 Å². The number of aliphatic hydroxyl groups excluding tert-OH is 1. The average Bonchev–Trinajstić information content (AvgIpc) is 3.18. The van der Waals surface area contributed by atoms with Crippen LogP contribution in [0.3, 0.4) is 0 Å². The quantitative estimate of drug-likeness (QED) is 0.802. The molecule has 0 unspecified atom stereocenters. The molecule has 1 aliphatic carbocycles. The van der Waals surface area contributed by atoms with Crippen molar-refractivity contribution in [3.8, 4) is 16.4 Å². The lowest BCUT2D eigenvalue weighted by atomic mass is 10.0. The average molecular weight is 313 g/mol. The van der Waals surface area contributed by atoms with E-state index < -0.39 is 0 Å². The monoisotopic (exact) mass is 313 g/mol. The molecule has 22 heavy (non-hydrogen) atoms. The minimum absolute atomic E-state index is 0.150. The lowest BCUT2D eigenvalue weighted by Crippen LogP contribution is -2.01. The van der Waals surface area contributed by atoms with E-state index in [0.29, 0.717) is 5.69 Å². The van der Waals surface area contributed by atoms with Gasteiger partial charge in [-0.15, -0.1) is 5.10 Å². The number of aliphatic hydroxyl groups is 1. The fourth-order valence-electron chi connectivity index (χ4n) is 2.78. The van der Waals surface area contributed by atoms with Crippen LogP contribution in [0.4, 0.5) is 0 Å². The van der Waals surface area contributed by atoms with Crippen LogP contribution in [-0.4, -0.2) is 30.1 Å². The van der Waals surface area contributed by atoms with Gasteiger partial charge in [-0.1, -0.05) is 16.6 Å². The summed E-state index contributed by atoms with van der Waals surface area (Å²) in [6.07, 6.45) is 8.01. The SMILES string of the molecule is OCc1nnn(-c2nc3c(s2)CCCC3)c1-c1ccncc1. The molecule has 6 nitrogen and oxygen atoms in total. The number of aryl methyl sites for hydroxylation is 2. The molecule has 3 aromatic heterocycles. The molecular formula is C15H15N5OS. The highest BCUT2D eigenvalue weighted by Crippen LogP contribution is 2.31. The van der Waals surface area contributed by atoms with Crippen LogP contribution >= 0.6 is 11.3 Å². The Kier molecular flexibility index (Phi) is 3.44. The Bertz CT molecular complexity index is 772. The van der Waals surface area contributed by atoms with Crippen molar-refractivity contribution >= 4 is 11.3 Å². The lowest BCUT2D eigenvalue weighted by molar-refractivity contribution is 0.277. The summed E-state index contributed by atoms with van der Waals surface area (Å²) in [5, 5.41) is 18.7. The van der Waals surface area contributed by atoms with Crippen molar-refractivity contribution in [1.82, 2.24) is 25.0 Å². The summed E-state index contributed by atoms with van der Waals surface area (Å²) in [4.78, 5) is 10.1. The van der Waals surface area contributed by atoms with Crippen molar-refractivity contribution in [3.05, 3.63) is 40.8 Å². The molecule has 3 heterocycles. The zero-order chi connectivity index (χ0) is 14.9. The van der Waals surface area contributed by atoms with Gasteiger partial charge < -0.3 is 5.11 Å². The second-order valence-electron chi connectivity index (χ2n) is 5.26. The van der Waals surface area contributed by atoms with E-state index >= 15 is 0 Å². The van der Waals surface area contributed by atoms with Gasteiger partial charge in [-0.3, -0.25) is 4.98 Å². The summed E-state index contributed by atoms with van der Waals surface area (Å²) in [6, 6.07) is 3.78. The number of thiazole rings is 1. The van der Waals surface area contributed by atoms with Crippen molar-refractivity contribution in [2.24, 2.45) is 0 Å². The first kappa shape index (κ1) is 13.5. The largest absolute Gasteiger partial charge is 0.390 e. The van der Waals surface area contributed by atoms with E-state index in [0.717, 1.165) is 29.2 Å². The van der Waals surface area contributed by atoms with Gasteiger partial charge in [0.2, 0.25) is 5.13 Å². The molecule has 4 rings (SSSR count). The predicted octanol–water partition coefficient (Wildman–Crippen LogP) is 2.16. The normalized spacial score (nSPS) is 14.0. The van der Waals surface area contributed by atoms with Gasteiger partial charge in [-0.2, -0.15) is 4.68 Å². The van der Waals surface area contributed by atoms with E-state index in [4.69, 9.17) is 4.98 Å².